The molecule has 1 aliphatic carbocycles. The molecule has 2 amide bonds. The molecule has 2 aromatic carbocycles. The van der Waals surface area contributed by atoms with Gasteiger partial charge in [-0.15, -0.1) is 0 Å². The number of nitrogens with two attached hydrogens (primary N) is 1. The Hall–Kier alpha value is -3.03. The second-order valence-corrected chi connectivity index (χ2v) is 8.96. The van der Waals surface area contributed by atoms with Crippen molar-refractivity contribution in [1.29, 1.82) is 0 Å². The standard InChI is InChI=1S/C26H31F3N2O3/c1-3-31(23(32)20-11-9-19(10-12-20)18(2)26(27,28)29)22-13-15-25(16-14-22,17-34-24(30)33)21-7-5-4-6-8-21/h4-12,18,22H,3,13-17H2,1-2H3,(H2,30,33). The van der Waals surface area contributed by atoms with E-state index in [0.29, 0.717) is 37.8 Å². The van der Waals surface area contributed by atoms with Crippen LogP contribution in [0.5, 0.6) is 0 Å². The van der Waals surface area contributed by atoms with E-state index in [1.54, 1.807) is 4.90 Å². The maximum Gasteiger partial charge on any atom is 0.404 e. The van der Waals surface area contributed by atoms with Crippen LogP contribution in [0.15, 0.2) is 54.6 Å². The lowest BCUT2D eigenvalue weighted by molar-refractivity contribution is -0.146. The first-order valence-corrected chi connectivity index (χ1v) is 11.5. The Balaban J connectivity index is 1.73. The van der Waals surface area contributed by atoms with E-state index in [0.717, 1.165) is 12.5 Å². The topological polar surface area (TPSA) is 72.6 Å². The van der Waals surface area contributed by atoms with Crippen LogP contribution in [-0.2, 0) is 10.2 Å². The van der Waals surface area contributed by atoms with Crippen molar-refractivity contribution in [3.63, 3.8) is 0 Å². The minimum Gasteiger partial charge on any atom is -0.449 e. The number of rotatable bonds is 7. The van der Waals surface area contributed by atoms with Crippen LogP contribution in [0.3, 0.4) is 0 Å². The second-order valence-electron chi connectivity index (χ2n) is 8.96. The summed E-state index contributed by atoms with van der Waals surface area (Å²) in [5, 5.41) is 0. The number of alkyl halides is 3. The van der Waals surface area contributed by atoms with E-state index >= 15 is 0 Å². The van der Waals surface area contributed by atoms with Crippen molar-refractivity contribution in [2.24, 2.45) is 5.73 Å². The molecule has 34 heavy (non-hydrogen) atoms. The zero-order chi connectivity index (χ0) is 24.9. The van der Waals surface area contributed by atoms with Crippen LogP contribution in [-0.4, -0.2) is 42.3 Å². The minimum atomic E-state index is -4.33. The number of primary amides is 1. The lowest BCUT2D eigenvalue weighted by Gasteiger charge is -2.43. The predicted molar refractivity (Wildman–Crippen MR) is 124 cm³/mol. The summed E-state index contributed by atoms with van der Waals surface area (Å²) in [6.45, 7) is 3.67. The van der Waals surface area contributed by atoms with E-state index in [-0.39, 0.29) is 29.5 Å². The van der Waals surface area contributed by atoms with Gasteiger partial charge in [-0.3, -0.25) is 4.79 Å². The number of halogens is 3. The lowest BCUT2D eigenvalue weighted by Crippen LogP contribution is -2.47. The number of carbonyl (C=O) groups is 2. The van der Waals surface area contributed by atoms with E-state index in [1.807, 2.05) is 37.3 Å². The number of hydrogen-bond acceptors (Lipinski definition) is 3. The normalized spacial score (nSPS) is 21.5. The van der Waals surface area contributed by atoms with Crippen LogP contribution in [0, 0.1) is 0 Å². The average molecular weight is 477 g/mol. The largest absolute Gasteiger partial charge is 0.449 e. The highest BCUT2D eigenvalue weighted by molar-refractivity contribution is 5.94. The van der Waals surface area contributed by atoms with E-state index in [4.69, 9.17) is 10.5 Å². The summed E-state index contributed by atoms with van der Waals surface area (Å²) in [5.74, 6) is -1.79. The Morgan fingerprint density at radius 1 is 1.09 bits per heavy atom. The van der Waals surface area contributed by atoms with Crippen LogP contribution >= 0.6 is 0 Å². The van der Waals surface area contributed by atoms with Crippen LogP contribution in [0.4, 0.5) is 18.0 Å². The molecule has 0 heterocycles. The van der Waals surface area contributed by atoms with Crippen molar-refractivity contribution in [3.05, 3.63) is 71.3 Å². The summed E-state index contributed by atoms with van der Waals surface area (Å²) < 4.78 is 44.2. The molecule has 0 saturated heterocycles. The highest BCUT2D eigenvalue weighted by atomic mass is 19.4. The molecule has 0 bridgehead atoms. The van der Waals surface area contributed by atoms with E-state index in [1.165, 1.54) is 24.3 Å². The molecule has 3 rings (SSSR count). The van der Waals surface area contributed by atoms with Crippen molar-refractivity contribution in [2.75, 3.05) is 13.2 Å². The van der Waals surface area contributed by atoms with Crippen molar-refractivity contribution in [2.45, 2.75) is 63.1 Å². The fourth-order valence-electron chi connectivity index (χ4n) is 4.82. The lowest BCUT2D eigenvalue weighted by atomic mass is 9.68. The van der Waals surface area contributed by atoms with E-state index in [9.17, 15) is 22.8 Å². The number of benzene rings is 2. The van der Waals surface area contributed by atoms with Crippen molar-refractivity contribution in [1.82, 2.24) is 4.90 Å². The summed E-state index contributed by atoms with van der Waals surface area (Å²) in [6.07, 6.45) is -2.31. The van der Waals surface area contributed by atoms with Gasteiger partial charge >= 0.3 is 12.3 Å². The van der Waals surface area contributed by atoms with Gasteiger partial charge in [0.05, 0.1) is 5.92 Å². The zero-order valence-corrected chi connectivity index (χ0v) is 19.5. The van der Waals surface area contributed by atoms with Crippen LogP contribution in [0.2, 0.25) is 0 Å². The second kappa shape index (κ2) is 10.5. The van der Waals surface area contributed by atoms with Crippen molar-refractivity contribution >= 4 is 12.0 Å². The van der Waals surface area contributed by atoms with Crippen LogP contribution < -0.4 is 5.73 Å². The van der Waals surface area contributed by atoms with Gasteiger partial charge < -0.3 is 15.4 Å². The Bertz CT molecular complexity index is 969. The van der Waals surface area contributed by atoms with E-state index < -0.39 is 18.2 Å². The molecule has 2 N–H and O–H groups in total. The van der Waals surface area contributed by atoms with Gasteiger partial charge in [0.1, 0.15) is 6.61 Å². The smallest absolute Gasteiger partial charge is 0.404 e. The first kappa shape index (κ1) is 25.6. The van der Waals surface area contributed by atoms with Gasteiger partial charge in [-0.25, -0.2) is 4.79 Å². The maximum atomic E-state index is 13.2. The average Bonchev–Trinajstić information content (AvgIpc) is 2.83. The SMILES string of the molecule is CCN(C(=O)c1ccc(C(C)C(F)(F)F)cc1)C1CCC(COC(N)=O)(c2ccccc2)CC1. The Kier molecular flexibility index (Phi) is 7.89. The quantitative estimate of drug-likeness (QED) is 0.550. The maximum absolute atomic E-state index is 13.2. The Morgan fingerprint density at radius 2 is 1.68 bits per heavy atom. The third-order valence-electron chi connectivity index (χ3n) is 6.98. The molecule has 0 aromatic heterocycles. The number of carbonyl (C=O) groups excluding carboxylic acids is 2. The molecule has 1 unspecified atom stereocenters. The molecule has 1 atom stereocenters. The number of ether oxygens (including phenoxy) is 1. The number of hydrogen-bond donors (Lipinski definition) is 1. The van der Waals surface area contributed by atoms with Gasteiger partial charge in [0, 0.05) is 23.6 Å². The van der Waals surface area contributed by atoms with Crippen molar-refractivity contribution in [3.8, 4) is 0 Å². The minimum absolute atomic E-state index is 0.0170. The number of amides is 2. The summed E-state index contributed by atoms with van der Waals surface area (Å²) in [5.41, 5.74) is 6.43. The van der Waals surface area contributed by atoms with Gasteiger partial charge in [0.2, 0.25) is 0 Å². The molecule has 8 heteroatoms. The van der Waals surface area contributed by atoms with Gasteiger partial charge in [0.25, 0.3) is 5.91 Å². The third-order valence-corrected chi connectivity index (χ3v) is 6.98. The zero-order valence-electron chi connectivity index (χ0n) is 19.5. The molecule has 1 saturated carbocycles. The molecular formula is C26H31F3N2O3. The molecular weight excluding hydrogens is 445 g/mol. The molecule has 184 valence electrons. The van der Waals surface area contributed by atoms with Gasteiger partial charge in [-0.1, -0.05) is 42.5 Å². The molecule has 5 nitrogen and oxygen atoms in total. The Labute approximate surface area is 198 Å². The molecule has 0 radical (unpaired) electrons. The fourth-order valence-corrected chi connectivity index (χ4v) is 4.82. The molecule has 1 aliphatic rings. The molecule has 0 aliphatic heterocycles. The summed E-state index contributed by atoms with van der Waals surface area (Å²) in [7, 11) is 0. The summed E-state index contributed by atoms with van der Waals surface area (Å²) in [6, 6.07) is 15.5. The summed E-state index contributed by atoms with van der Waals surface area (Å²) in [4.78, 5) is 26.3. The van der Waals surface area contributed by atoms with Crippen LogP contribution in [0.25, 0.3) is 0 Å². The third kappa shape index (κ3) is 5.72. The first-order chi connectivity index (χ1) is 16.1. The number of nitrogens with zero attached hydrogens (tertiary/aromatic N) is 1. The fraction of sp³-hybridized carbons (Fsp3) is 0.462. The van der Waals surface area contributed by atoms with Gasteiger partial charge in [-0.05, 0) is 62.8 Å². The Morgan fingerprint density at radius 3 is 2.18 bits per heavy atom. The monoisotopic (exact) mass is 476 g/mol. The molecule has 2 aromatic rings. The molecule has 1 fully saturated rings. The van der Waals surface area contributed by atoms with E-state index in [2.05, 4.69) is 0 Å². The molecule has 0 spiro atoms. The highest BCUT2D eigenvalue weighted by Gasteiger charge is 2.40. The summed E-state index contributed by atoms with van der Waals surface area (Å²) >= 11 is 0. The predicted octanol–water partition coefficient (Wildman–Crippen LogP) is 5.79. The van der Waals surface area contributed by atoms with Crippen molar-refractivity contribution < 1.29 is 27.5 Å². The van der Waals surface area contributed by atoms with Gasteiger partial charge in [-0.2, -0.15) is 13.2 Å². The highest BCUT2D eigenvalue weighted by Crippen LogP contribution is 2.41. The first-order valence-electron chi connectivity index (χ1n) is 11.5. The van der Waals surface area contributed by atoms with Gasteiger partial charge in [0.15, 0.2) is 0 Å². The van der Waals surface area contributed by atoms with Crippen LogP contribution in [0.1, 0.15) is 66.9 Å².